The summed E-state index contributed by atoms with van der Waals surface area (Å²) in [6, 6.07) is 11.6. The molecule has 2 aromatic heterocycles. The van der Waals surface area contributed by atoms with E-state index in [9.17, 15) is 19.5 Å². The number of azo groups is 1. The molecule has 4 rings (SSSR count). The van der Waals surface area contributed by atoms with Gasteiger partial charge in [-0.3, -0.25) is 4.79 Å². The van der Waals surface area contributed by atoms with Crippen molar-refractivity contribution in [3.05, 3.63) is 64.2 Å². The van der Waals surface area contributed by atoms with Crippen LogP contribution >= 0.6 is 0 Å². The highest BCUT2D eigenvalue weighted by Gasteiger charge is 2.21. The molecule has 2 aromatic carbocycles. The number of nitrogens with one attached hydrogen (secondary N) is 2. The smallest absolute Gasteiger partial charge is 0.345 e. The Morgan fingerprint density at radius 2 is 1.86 bits per heavy atom. The minimum absolute atomic E-state index is 0.101. The van der Waals surface area contributed by atoms with E-state index in [0.717, 1.165) is 0 Å². The van der Waals surface area contributed by atoms with Crippen LogP contribution in [0.5, 0.6) is 17.4 Å². The number of para-hydroxylation sites is 1. The number of amides is 1. The van der Waals surface area contributed by atoms with Gasteiger partial charge in [-0.1, -0.05) is 18.2 Å². The second kappa shape index (κ2) is 10.1. The summed E-state index contributed by atoms with van der Waals surface area (Å²) in [5.74, 6) is -1.14. The monoisotopic (exact) mass is 491 g/mol. The zero-order chi connectivity index (χ0) is 25.8. The van der Waals surface area contributed by atoms with Crippen LogP contribution in [0.1, 0.15) is 16.1 Å². The molecule has 0 saturated heterocycles. The number of esters is 1. The number of fused-ring (bicyclic) bond motifs is 1. The molecule has 0 unspecified atom stereocenters. The Kier molecular flexibility index (Phi) is 6.77. The van der Waals surface area contributed by atoms with Crippen molar-refractivity contribution in [2.24, 2.45) is 10.2 Å². The topological polar surface area (TPSA) is 168 Å². The van der Waals surface area contributed by atoms with Crippen LogP contribution in [0.2, 0.25) is 0 Å². The first-order valence-electron chi connectivity index (χ1n) is 10.6. The predicted octanol–water partition coefficient (Wildman–Crippen LogP) is 3.42. The fourth-order valence-corrected chi connectivity index (χ4v) is 3.57. The van der Waals surface area contributed by atoms with Crippen molar-refractivity contribution in [2.45, 2.75) is 6.92 Å². The standard InChI is InChI=1S/C24H21N5O7/c1-12-19(23(32)35-3)20(27-24(33)25-12)13-8-9-16(17(10-13)34-2)36-11-18(30)28-29-21-14-6-4-5-7-15(14)26-22(21)31/h4-10,26,31H,11H2,1-3H3,(H,25,27,33). The Balaban J connectivity index is 1.54. The van der Waals surface area contributed by atoms with Crippen molar-refractivity contribution in [3.63, 3.8) is 0 Å². The lowest BCUT2D eigenvalue weighted by atomic mass is 10.0. The summed E-state index contributed by atoms with van der Waals surface area (Å²) >= 11 is 0. The number of nitrogens with zero attached hydrogens (tertiary/aromatic N) is 3. The number of benzene rings is 2. The highest BCUT2D eigenvalue weighted by atomic mass is 16.5. The van der Waals surface area contributed by atoms with Crippen molar-refractivity contribution in [3.8, 4) is 28.6 Å². The first-order chi connectivity index (χ1) is 17.3. The molecule has 0 aliphatic rings. The molecule has 0 aliphatic carbocycles. The quantitative estimate of drug-likeness (QED) is 0.261. The zero-order valence-electron chi connectivity index (χ0n) is 19.5. The molecule has 0 spiro atoms. The molecule has 0 saturated carbocycles. The summed E-state index contributed by atoms with van der Waals surface area (Å²) in [6.45, 7) is 1.10. The first-order valence-corrected chi connectivity index (χ1v) is 10.6. The largest absolute Gasteiger partial charge is 0.493 e. The number of aromatic amines is 2. The molecule has 0 aliphatic heterocycles. The average Bonchev–Trinajstić information content (AvgIpc) is 3.19. The molecule has 0 bridgehead atoms. The van der Waals surface area contributed by atoms with E-state index in [-0.39, 0.29) is 34.3 Å². The Labute approximate surface area is 203 Å². The van der Waals surface area contributed by atoms with Gasteiger partial charge in [-0.2, -0.15) is 4.98 Å². The zero-order valence-corrected chi connectivity index (χ0v) is 19.5. The summed E-state index contributed by atoms with van der Waals surface area (Å²) in [5, 5.41) is 18.1. The van der Waals surface area contributed by atoms with Crippen LogP contribution in [0.15, 0.2) is 57.5 Å². The van der Waals surface area contributed by atoms with Crippen LogP contribution in [0.25, 0.3) is 22.2 Å². The number of carbonyl (C=O) groups is 2. The van der Waals surface area contributed by atoms with Gasteiger partial charge in [-0.15, -0.1) is 10.2 Å². The maximum Gasteiger partial charge on any atom is 0.345 e. The molecule has 4 aromatic rings. The molecule has 184 valence electrons. The lowest BCUT2D eigenvalue weighted by Crippen LogP contribution is -2.19. The predicted molar refractivity (Wildman–Crippen MR) is 128 cm³/mol. The van der Waals surface area contributed by atoms with Gasteiger partial charge in [-0.05, 0) is 31.2 Å². The van der Waals surface area contributed by atoms with E-state index in [1.165, 1.54) is 26.4 Å². The normalized spacial score (nSPS) is 11.1. The Morgan fingerprint density at radius 3 is 2.61 bits per heavy atom. The third-order valence-electron chi connectivity index (χ3n) is 5.22. The fraction of sp³-hybridized carbons (Fsp3) is 0.167. The van der Waals surface area contributed by atoms with E-state index in [1.807, 2.05) is 0 Å². The summed E-state index contributed by atoms with van der Waals surface area (Å²) < 4.78 is 15.7. The van der Waals surface area contributed by atoms with Crippen LogP contribution in [0, 0.1) is 6.92 Å². The van der Waals surface area contributed by atoms with Gasteiger partial charge in [0.05, 0.1) is 25.4 Å². The molecule has 0 radical (unpaired) electrons. The van der Waals surface area contributed by atoms with Crippen LogP contribution in [-0.2, 0) is 9.53 Å². The SMILES string of the molecule is COC(=O)c1c(-c2ccc(OCC(=O)N=Nc3c(O)[nH]c4ccccc34)c(OC)c2)nc(=O)[nH]c1C. The van der Waals surface area contributed by atoms with Crippen LogP contribution in [0.4, 0.5) is 5.69 Å². The van der Waals surface area contributed by atoms with Crippen LogP contribution < -0.4 is 15.2 Å². The van der Waals surface area contributed by atoms with Gasteiger partial charge >= 0.3 is 17.6 Å². The highest BCUT2D eigenvalue weighted by molar-refractivity contribution is 5.97. The van der Waals surface area contributed by atoms with Crippen molar-refractivity contribution in [1.82, 2.24) is 15.0 Å². The molecular weight excluding hydrogens is 470 g/mol. The van der Waals surface area contributed by atoms with Crippen LogP contribution in [0.3, 0.4) is 0 Å². The van der Waals surface area contributed by atoms with Crippen molar-refractivity contribution >= 4 is 28.5 Å². The Morgan fingerprint density at radius 1 is 1.08 bits per heavy atom. The number of aromatic nitrogens is 3. The summed E-state index contributed by atoms with van der Waals surface area (Å²) in [7, 11) is 2.62. The maximum absolute atomic E-state index is 12.3. The number of hydrogen-bond acceptors (Lipinski definition) is 9. The van der Waals surface area contributed by atoms with Gasteiger partial charge < -0.3 is 29.3 Å². The Hall–Kier alpha value is -5.00. The van der Waals surface area contributed by atoms with E-state index in [1.54, 1.807) is 37.3 Å². The molecule has 0 fully saturated rings. The average molecular weight is 491 g/mol. The van der Waals surface area contributed by atoms with Gasteiger partial charge in [0, 0.05) is 16.6 Å². The third kappa shape index (κ3) is 4.78. The molecule has 0 atom stereocenters. The molecule has 1 amide bonds. The lowest BCUT2D eigenvalue weighted by Gasteiger charge is -2.13. The second-order valence-corrected chi connectivity index (χ2v) is 7.50. The molecular formula is C24H21N5O7. The number of H-pyrrole nitrogens is 2. The van der Waals surface area contributed by atoms with E-state index in [2.05, 4.69) is 25.2 Å². The molecule has 36 heavy (non-hydrogen) atoms. The fourth-order valence-electron chi connectivity index (χ4n) is 3.57. The number of carbonyl (C=O) groups excluding carboxylic acids is 2. The molecule has 3 N–H and O–H groups in total. The maximum atomic E-state index is 12.3. The highest BCUT2D eigenvalue weighted by Crippen LogP contribution is 2.36. The van der Waals surface area contributed by atoms with Gasteiger partial charge in [0.15, 0.2) is 23.8 Å². The van der Waals surface area contributed by atoms with E-state index in [4.69, 9.17) is 14.2 Å². The van der Waals surface area contributed by atoms with Gasteiger partial charge in [-0.25, -0.2) is 9.59 Å². The van der Waals surface area contributed by atoms with E-state index < -0.39 is 24.2 Å². The van der Waals surface area contributed by atoms with E-state index >= 15 is 0 Å². The number of hydrogen-bond donors (Lipinski definition) is 3. The van der Waals surface area contributed by atoms with Crippen molar-refractivity contribution in [1.29, 1.82) is 0 Å². The number of aryl methyl sites for hydroxylation is 1. The van der Waals surface area contributed by atoms with E-state index in [0.29, 0.717) is 22.2 Å². The third-order valence-corrected chi connectivity index (χ3v) is 5.22. The number of ether oxygens (including phenoxy) is 3. The van der Waals surface area contributed by atoms with Gasteiger partial charge in [0.2, 0.25) is 5.88 Å². The van der Waals surface area contributed by atoms with Gasteiger partial charge in [0.1, 0.15) is 5.56 Å². The molecule has 2 heterocycles. The summed E-state index contributed by atoms with van der Waals surface area (Å²) in [6.07, 6.45) is 0. The van der Waals surface area contributed by atoms with Crippen LogP contribution in [-0.4, -0.2) is 52.8 Å². The summed E-state index contributed by atoms with van der Waals surface area (Å²) in [4.78, 5) is 45.6. The lowest BCUT2D eigenvalue weighted by molar-refractivity contribution is -0.120. The second-order valence-electron chi connectivity index (χ2n) is 7.50. The first kappa shape index (κ1) is 24.1. The number of rotatable bonds is 7. The van der Waals surface area contributed by atoms with Gasteiger partial charge in [0.25, 0.3) is 0 Å². The summed E-state index contributed by atoms with van der Waals surface area (Å²) in [5.41, 5.74) is 1.07. The molecule has 12 heteroatoms. The minimum atomic E-state index is -0.703. The number of methoxy groups -OCH3 is 2. The minimum Gasteiger partial charge on any atom is -0.493 e. The number of aromatic hydroxyl groups is 1. The Bertz CT molecular complexity index is 1550. The molecule has 12 nitrogen and oxygen atoms in total. The van der Waals surface area contributed by atoms with Crippen molar-refractivity contribution in [2.75, 3.05) is 20.8 Å². The van der Waals surface area contributed by atoms with Crippen molar-refractivity contribution < 1.29 is 28.9 Å².